The molecule has 0 radical (unpaired) electrons. The van der Waals surface area contributed by atoms with Crippen LogP contribution < -0.4 is 0 Å². The van der Waals surface area contributed by atoms with Gasteiger partial charge in [0.1, 0.15) is 5.82 Å². The van der Waals surface area contributed by atoms with E-state index in [0.717, 1.165) is 22.7 Å². The average Bonchev–Trinajstić information content (AvgIpc) is 3.32. The van der Waals surface area contributed by atoms with Crippen molar-refractivity contribution < 1.29 is 0 Å². The SMILES string of the molecule is c1ccc(-c2cccc(-n3c4ccccc4c4ccc5c6ccccc6c6ccccc6c5c43)n2)nc1. The topological polar surface area (TPSA) is 30.7 Å². The van der Waals surface area contributed by atoms with Crippen molar-refractivity contribution in [3.8, 4) is 17.2 Å². The molecular formula is C34H21N3. The fourth-order valence-corrected chi connectivity index (χ4v) is 5.89. The quantitative estimate of drug-likeness (QED) is 0.236. The molecule has 0 bridgehead atoms. The molecule has 0 saturated carbocycles. The third kappa shape index (κ3) is 2.88. The Morgan fingerprint density at radius 3 is 1.78 bits per heavy atom. The molecule has 172 valence electrons. The second kappa shape index (κ2) is 7.74. The first-order chi connectivity index (χ1) is 18.4. The summed E-state index contributed by atoms with van der Waals surface area (Å²) in [5.74, 6) is 0.888. The average molecular weight is 472 g/mol. The minimum atomic E-state index is 0.861. The first-order valence-corrected chi connectivity index (χ1v) is 12.5. The molecule has 8 aromatic rings. The molecule has 3 aromatic heterocycles. The lowest BCUT2D eigenvalue weighted by Gasteiger charge is -2.14. The summed E-state index contributed by atoms with van der Waals surface area (Å²) in [4.78, 5) is 9.68. The highest BCUT2D eigenvalue weighted by Crippen LogP contribution is 2.42. The largest absolute Gasteiger partial charge is 0.293 e. The fourth-order valence-electron chi connectivity index (χ4n) is 5.89. The van der Waals surface area contributed by atoms with Crippen LogP contribution in [-0.4, -0.2) is 14.5 Å². The number of hydrogen-bond acceptors (Lipinski definition) is 2. The van der Waals surface area contributed by atoms with E-state index in [1.165, 1.54) is 48.6 Å². The highest BCUT2D eigenvalue weighted by molar-refractivity contribution is 6.33. The molecule has 0 unspecified atom stereocenters. The van der Waals surface area contributed by atoms with Crippen molar-refractivity contribution in [1.29, 1.82) is 0 Å². The summed E-state index contributed by atoms with van der Waals surface area (Å²) in [7, 11) is 0. The van der Waals surface area contributed by atoms with Crippen LogP contribution in [0, 0.1) is 0 Å². The van der Waals surface area contributed by atoms with Crippen molar-refractivity contribution in [1.82, 2.24) is 14.5 Å². The smallest absolute Gasteiger partial charge is 0.138 e. The van der Waals surface area contributed by atoms with Crippen molar-refractivity contribution >= 4 is 54.1 Å². The van der Waals surface area contributed by atoms with E-state index in [4.69, 9.17) is 4.98 Å². The maximum atomic E-state index is 5.14. The molecule has 3 heteroatoms. The van der Waals surface area contributed by atoms with Crippen molar-refractivity contribution in [2.75, 3.05) is 0 Å². The maximum absolute atomic E-state index is 5.14. The summed E-state index contributed by atoms with van der Waals surface area (Å²) in [6.45, 7) is 0. The van der Waals surface area contributed by atoms with Crippen LogP contribution in [0.15, 0.2) is 128 Å². The Labute approximate surface area is 213 Å². The number of nitrogens with zero attached hydrogens (tertiary/aromatic N) is 3. The van der Waals surface area contributed by atoms with Gasteiger partial charge in [-0.3, -0.25) is 9.55 Å². The number of aromatic nitrogens is 3. The molecule has 0 fully saturated rings. The van der Waals surface area contributed by atoms with Gasteiger partial charge in [-0.2, -0.15) is 0 Å². The van der Waals surface area contributed by atoms with Gasteiger partial charge < -0.3 is 0 Å². The van der Waals surface area contributed by atoms with Crippen LogP contribution in [0.4, 0.5) is 0 Å². The Bertz CT molecular complexity index is 2100. The first kappa shape index (κ1) is 20.2. The lowest BCUT2D eigenvalue weighted by atomic mass is 9.93. The van der Waals surface area contributed by atoms with Crippen molar-refractivity contribution in [3.05, 3.63) is 128 Å². The van der Waals surface area contributed by atoms with Gasteiger partial charge in [-0.05, 0) is 57.3 Å². The Hall–Kier alpha value is -5.02. The number of hydrogen-bond donors (Lipinski definition) is 0. The molecule has 0 aliphatic carbocycles. The number of benzene rings is 5. The van der Waals surface area contributed by atoms with E-state index < -0.39 is 0 Å². The molecule has 3 heterocycles. The molecule has 0 spiro atoms. The normalized spacial score (nSPS) is 11.8. The van der Waals surface area contributed by atoms with Crippen LogP contribution in [0.5, 0.6) is 0 Å². The molecule has 8 rings (SSSR count). The summed E-state index contributed by atoms with van der Waals surface area (Å²) in [6.07, 6.45) is 1.81. The standard InChI is InChI=1S/C34H21N3/c1-2-12-24-22(10-1)23-11-3-4-14-26(23)33-27(24)19-20-28-25-13-5-6-17-31(25)37(34(28)33)32-18-9-16-30(36-32)29-15-7-8-21-35-29/h1-21H. The van der Waals surface area contributed by atoms with Crippen LogP contribution in [0.3, 0.4) is 0 Å². The van der Waals surface area contributed by atoms with Gasteiger partial charge in [-0.25, -0.2) is 4.98 Å². The molecule has 3 nitrogen and oxygen atoms in total. The summed E-state index contributed by atoms with van der Waals surface area (Å²) in [5, 5.41) is 10.0. The van der Waals surface area contributed by atoms with E-state index >= 15 is 0 Å². The summed E-state index contributed by atoms with van der Waals surface area (Å²) in [6, 6.07) is 42.8. The highest BCUT2D eigenvalue weighted by atomic mass is 15.1. The Morgan fingerprint density at radius 2 is 1.03 bits per heavy atom. The lowest BCUT2D eigenvalue weighted by molar-refractivity contribution is 1.08. The van der Waals surface area contributed by atoms with Gasteiger partial charge in [0.25, 0.3) is 0 Å². The Morgan fingerprint density at radius 1 is 0.432 bits per heavy atom. The van der Waals surface area contributed by atoms with Gasteiger partial charge in [0.05, 0.1) is 22.4 Å². The van der Waals surface area contributed by atoms with Crippen LogP contribution in [0.2, 0.25) is 0 Å². The minimum absolute atomic E-state index is 0.861. The molecular weight excluding hydrogens is 450 g/mol. The molecule has 0 amide bonds. The maximum Gasteiger partial charge on any atom is 0.138 e. The van der Waals surface area contributed by atoms with Crippen molar-refractivity contribution in [2.24, 2.45) is 0 Å². The Kier molecular flexibility index (Phi) is 4.23. The molecule has 0 saturated heterocycles. The fraction of sp³-hybridized carbons (Fsp3) is 0. The van der Waals surface area contributed by atoms with E-state index in [9.17, 15) is 0 Å². The number of para-hydroxylation sites is 1. The highest BCUT2D eigenvalue weighted by Gasteiger charge is 2.19. The van der Waals surface area contributed by atoms with Gasteiger partial charge >= 0.3 is 0 Å². The third-order valence-corrected chi connectivity index (χ3v) is 7.43. The third-order valence-electron chi connectivity index (χ3n) is 7.43. The molecule has 0 N–H and O–H groups in total. The molecule has 37 heavy (non-hydrogen) atoms. The zero-order valence-corrected chi connectivity index (χ0v) is 20.0. The minimum Gasteiger partial charge on any atom is -0.293 e. The van der Waals surface area contributed by atoms with Gasteiger partial charge in [0.2, 0.25) is 0 Å². The van der Waals surface area contributed by atoms with E-state index in [0.29, 0.717) is 0 Å². The predicted molar refractivity (Wildman–Crippen MR) is 154 cm³/mol. The Balaban J connectivity index is 1.60. The number of pyridine rings is 2. The van der Waals surface area contributed by atoms with Crippen molar-refractivity contribution in [2.45, 2.75) is 0 Å². The second-order valence-corrected chi connectivity index (χ2v) is 9.42. The molecule has 0 aliphatic heterocycles. The van der Waals surface area contributed by atoms with Crippen molar-refractivity contribution in [3.63, 3.8) is 0 Å². The summed E-state index contributed by atoms with van der Waals surface area (Å²) >= 11 is 0. The van der Waals surface area contributed by atoms with Gasteiger partial charge in [-0.15, -0.1) is 0 Å². The summed E-state index contributed by atoms with van der Waals surface area (Å²) < 4.78 is 2.33. The van der Waals surface area contributed by atoms with Gasteiger partial charge in [0.15, 0.2) is 0 Å². The van der Waals surface area contributed by atoms with E-state index in [1.807, 2.05) is 30.5 Å². The van der Waals surface area contributed by atoms with E-state index in [-0.39, 0.29) is 0 Å². The van der Waals surface area contributed by atoms with Gasteiger partial charge in [-0.1, -0.05) is 91.0 Å². The zero-order chi connectivity index (χ0) is 24.3. The molecule has 0 atom stereocenters. The van der Waals surface area contributed by atoms with Gasteiger partial charge in [0, 0.05) is 22.4 Å². The van der Waals surface area contributed by atoms with Crippen LogP contribution in [-0.2, 0) is 0 Å². The van der Waals surface area contributed by atoms with E-state index in [1.54, 1.807) is 0 Å². The van der Waals surface area contributed by atoms with Crippen LogP contribution >= 0.6 is 0 Å². The van der Waals surface area contributed by atoms with Crippen LogP contribution in [0.1, 0.15) is 0 Å². The van der Waals surface area contributed by atoms with E-state index in [2.05, 4.69) is 107 Å². The second-order valence-electron chi connectivity index (χ2n) is 9.42. The zero-order valence-electron chi connectivity index (χ0n) is 20.0. The molecule has 0 aliphatic rings. The molecule has 5 aromatic carbocycles. The predicted octanol–water partition coefficient (Wildman–Crippen LogP) is 8.70. The number of fused-ring (bicyclic) bond motifs is 10. The first-order valence-electron chi connectivity index (χ1n) is 12.5. The summed E-state index contributed by atoms with van der Waals surface area (Å²) in [5.41, 5.74) is 4.06. The lowest BCUT2D eigenvalue weighted by Crippen LogP contribution is -1.99. The number of rotatable bonds is 2. The van der Waals surface area contributed by atoms with Crippen LogP contribution in [0.25, 0.3) is 71.3 Å². The monoisotopic (exact) mass is 471 g/mol.